The first-order valence-corrected chi connectivity index (χ1v) is 6.85. The van der Waals surface area contributed by atoms with Gasteiger partial charge < -0.3 is 10.4 Å². The number of aliphatic hydroxyl groups excluding tert-OH is 1. The largest absolute Gasteiger partial charge is 0.394 e. The van der Waals surface area contributed by atoms with E-state index in [9.17, 15) is 15.2 Å². The minimum Gasteiger partial charge on any atom is -0.394 e. The summed E-state index contributed by atoms with van der Waals surface area (Å²) in [5, 5.41) is 25.1. The molecule has 1 aromatic carbocycles. The number of non-ortho nitro benzene ring substituents is 1. The van der Waals surface area contributed by atoms with Crippen molar-refractivity contribution < 1.29 is 10.0 Å². The maximum absolute atomic E-state index is 11.1. The van der Waals surface area contributed by atoms with Gasteiger partial charge in [-0.25, -0.2) is 0 Å². The van der Waals surface area contributed by atoms with Crippen molar-refractivity contribution in [2.24, 2.45) is 5.92 Å². The van der Waals surface area contributed by atoms with Gasteiger partial charge in [0.05, 0.1) is 23.0 Å². The Balaban J connectivity index is 2.57. The highest BCUT2D eigenvalue weighted by Crippen LogP contribution is 2.32. The fraction of sp³-hybridized carbons (Fsp3) is 0.400. The smallest absolute Gasteiger partial charge is 0.278 e. The van der Waals surface area contributed by atoms with Gasteiger partial charge in [0, 0.05) is 29.0 Å². The number of rotatable bonds is 5. The maximum atomic E-state index is 11.1. The number of aromatic nitrogens is 1. The molecular formula is C15H19N3O3. The van der Waals surface area contributed by atoms with Gasteiger partial charge in [0.1, 0.15) is 0 Å². The van der Waals surface area contributed by atoms with E-state index in [1.165, 1.54) is 12.3 Å². The first-order chi connectivity index (χ1) is 9.93. The molecule has 0 bridgehead atoms. The number of nitrogens with one attached hydrogen (secondary N) is 1. The van der Waals surface area contributed by atoms with Crippen LogP contribution in [-0.2, 0) is 0 Å². The van der Waals surface area contributed by atoms with Crippen LogP contribution in [0.3, 0.4) is 0 Å². The molecule has 2 N–H and O–H groups in total. The number of hydrogen-bond donors (Lipinski definition) is 2. The first-order valence-electron chi connectivity index (χ1n) is 6.85. The number of hydrogen-bond acceptors (Lipinski definition) is 5. The van der Waals surface area contributed by atoms with Crippen LogP contribution in [0, 0.1) is 23.0 Å². The molecular weight excluding hydrogens is 270 g/mol. The van der Waals surface area contributed by atoms with Gasteiger partial charge in [-0.1, -0.05) is 13.8 Å². The van der Waals surface area contributed by atoms with E-state index in [-0.39, 0.29) is 24.3 Å². The summed E-state index contributed by atoms with van der Waals surface area (Å²) in [5.74, 6) is 0.239. The zero-order valence-electron chi connectivity index (χ0n) is 12.3. The zero-order chi connectivity index (χ0) is 15.6. The summed E-state index contributed by atoms with van der Waals surface area (Å²) in [6.45, 7) is 5.86. The molecule has 2 aromatic rings. The highest BCUT2D eigenvalue weighted by molar-refractivity contribution is 5.99. The molecule has 0 radical (unpaired) electrons. The lowest BCUT2D eigenvalue weighted by Crippen LogP contribution is -2.29. The predicted molar refractivity (Wildman–Crippen MR) is 82.5 cm³/mol. The van der Waals surface area contributed by atoms with E-state index in [2.05, 4.69) is 10.3 Å². The summed E-state index contributed by atoms with van der Waals surface area (Å²) < 4.78 is 0. The molecule has 1 unspecified atom stereocenters. The fourth-order valence-corrected chi connectivity index (χ4v) is 2.24. The third-order valence-corrected chi connectivity index (χ3v) is 3.55. The van der Waals surface area contributed by atoms with Crippen LogP contribution in [0.25, 0.3) is 10.8 Å². The second-order valence-electron chi connectivity index (χ2n) is 5.44. The molecule has 112 valence electrons. The van der Waals surface area contributed by atoms with Crippen LogP contribution in [-0.4, -0.2) is 27.7 Å². The van der Waals surface area contributed by atoms with Crippen LogP contribution in [0.2, 0.25) is 0 Å². The molecule has 1 aromatic heterocycles. The van der Waals surface area contributed by atoms with Gasteiger partial charge in [-0.05, 0) is 25.0 Å². The monoisotopic (exact) mass is 289 g/mol. The lowest BCUT2D eigenvalue weighted by molar-refractivity contribution is -0.383. The maximum Gasteiger partial charge on any atom is 0.278 e. The van der Waals surface area contributed by atoms with Crippen molar-refractivity contribution in [3.8, 4) is 0 Å². The Labute approximate surface area is 123 Å². The van der Waals surface area contributed by atoms with Crippen molar-refractivity contribution in [3.63, 3.8) is 0 Å². The van der Waals surface area contributed by atoms with Gasteiger partial charge in [-0.15, -0.1) is 0 Å². The van der Waals surface area contributed by atoms with Crippen LogP contribution >= 0.6 is 0 Å². The number of benzene rings is 1. The van der Waals surface area contributed by atoms with Crippen molar-refractivity contribution in [3.05, 3.63) is 40.2 Å². The summed E-state index contributed by atoms with van der Waals surface area (Å²) in [7, 11) is 0. The Morgan fingerprint density at radius 2 is 2.10 bits per heavy atom. The SMILES string of the molecule is Cc1cc2c(NC(CO)C(C)C)ccc([N+](=O)[O-])c2cn1. The Kier molecular flexibility index (Phi) is 4.37. The minimum absolute atomic E-state index is 0.000212. The predicted octanol–water partition coefficient (Wildman–Crippen LogP) is 2.88. The van der Waals surface area contributed by atoms with Crippen LogP contribution in [0.15, 0.2) is 24.4 Å². The molecule has 1 heterocycles. The average molecular weight is 289 g/mol. The summed E-state index contributed by atoms with van der Waals surface area (Å²) in [6.07, 6.45) is 1.53. The van der Waals surface area contributed by atoms with Crippen molar-refractivity contribution in [1.29, 1.82) is 0 Å². The molecule has 0 saturated heterocycles. The number of nitro benzene ring substituents is 1. The van der Waals surface area contributed by atoms with E-state index in [0.29, 0.717) is 5.39 Å². The quantitative estimate of drug-likeness (QED) is 0.652. The van der Waals surface area contributed by atoms with Crippen LogP contribution in [0.5, 0.6) is 0 Å². The van der Waals surface area contributed by atoms with Crippen molar-refractivity contribution in [2.45, 2.75) is 26.8 Å². The standard InChI is InChI=1S/C15H19N3O3/c1-9(2)14(8-19)17-13-4-5-15(18(20)21)12-7-16-10(3)6-11(12)13/h4-7,9,14,17,19H,8H2,1-3H3. The number of fused-ring (bicyclic) bond motifs is 1. The van der Waals surface area contributed by atoms with Crippen molar-refractivity contribution >= 4 is 22.1 Å². The number of pyridine rings is 1. The second-order valence-corrected chi connectivity index (χ2v) is 5.44. The number of nitrogens with zero attached hydrogens (tertiary/aromatic N) is 2. The molecule has 0 saturated carbocycles. The Bertz CT molecular complexity index is 671. The van der Waals surface area contributed by atoms with Crippen molar-refractivity contribution in [2.75, 3.05) is 11.9 Å². The topological polar surface area (TPSA) is 88.3 Å². The molecule has 0 aliphatic rings. The second kappa shape index (κ2) is 6.05. The zero-order valence-corrected chi connectivity index (χ0v) is 12.3. The summed E-state index contributed by atoms with van der Waals surface area (Å²) in [5.41, 5.74) is 1.60. The average Bonchev–Trinajstić information content (AvgIpc) is 2.43. The van der Waals surface area contributed by atoms with E-state index in [1.54, 1.807) is 6.07 Å². The van der Waals surface area contributed by atoms with Gasteiger partial charge in [-0.3, -0.25) is 15.1 Å². The Morgan fingerprint density at radius 3 is 2.67 bits per heavy atom. The summed E-state index contributed by atoms with van der Waals surface area (Å²) in [6, 6.07) is 4.86. The summed E-state index contributed by atoms with van der Waals surface area (Å²) >= 11 is 0. The Morgan fingerprint density at radius 1 is 1.38 bits per heavy atom. The molecule has 6 heteroatoms. The van der Waals surface area contributed by atoms with Gasteiger partial charge >= 0.3 is 0 Å². The molecule has 0 aliphatic heterocycles. The van der Waals surface area contributed by atoms with Gasteiger partial charge in [0.15, 0.2) is 0 Å². The highest BCUT2D eigenvalue weighted by atomic mass is 16.6. The third kappa shape index (κ3) is 3.11. The molecule has 1 atom stereocenters. The number of aliphatic hydroxyl groups is 1. The van der Waals surface area contributed by atoms with E-state index in [0.717, 1.165) is 16.8 Å². The number of aryl methyl sites for hydroxylation is 1. The van der Waals surface area contributed by atoms with E-state index >= 15 is 0 Å². The molecule has 6 nitrogen and oxygen atoms in total. The van der Waals surface area contributed by atoms with Crippen LogP contribution in [0.1, 0.15) is 19.5 Å². The van der Waals surface area contributed by atoms with Gasteiger partial charge in [0.2, 0.25) is 0 Å². The summed E-state index contributed by atoms with van der Waals surface area (Å²) in [4.78, 5) is 14.9. The first kappa shape index (κ1) is 15.2. The van der Waals surface area contributed by atoms with E-state index in [4.69, 9.17) is 0 Å². The molecule has 0 aliphatic carbocycles. The third-order valence-electron chi connectivity index (χ3n) is 3.55. The van der Waals surface area contributed by atoms with E-state index < -0.39 is 4.92 Å². The molecule has 2 rings (SSSR count). The normalized spacial score (nSPS) is 12.6. The number of nitro groups is 1. The van der Waals surface area contributed by atoms with Crippen molar-refractivity contribution in [1.82, 2.24) is 4.98 Å². The van der Waals surface area contributed by atoms with E-state index in [1.807, 2.05) is 26.8 Å². The van der Waals surface area contributed by atoms with Crippen LogP contribution < -0.4 is 5.32 Å². The van der Waals surface area contributed by atoms with Gasteiger partial charge in [0.25, 0.3) is 5.69 Å². The minimum atomic E-state index is -0.408. The molecule has 0 spiro atoms. The molecule has 0 fully saturated rings. The van der Waals surface area contributed by atoms with Gasteiger partial charge in [-0.2, -0.15) is 0 Å². The highest BCUT2D eigenvalue weighted by Gasteiger charge is 2.18. The molecule has 0 amide bonds. The lowest BCUT2D eigenvalue weighted by Gasteiger charge is -2.22. The molecule has 21 heavy (non-hydrogen) atoms. The fourth-order valence-electron chi connectivity index (χ4n) is 2.24. The lowest BCUT2D eigenvalue weighted by atomic mass is 10.0. The van der Waals surface area contributed by atoms with Crippen LogP contribution in [0.4, 0.5) is 11.4 Å². The Hall–Kier alpha value is -2.21. The number of anilines is 1.